The topological polar surface area (TPSA) is 142 Å². The minimum atomic E-state index is -0.385. The average Bonchev–Trinajstić information content (AvgIpc) is 3.88. The number of aliphatic hydroxyl groups excluding tert-OH is 1. The van der Waals surface area contributed by atoms with Crippen molar-refractivity contribution in [3.05, 3.63) is 37.2 Å². The van der Waals surface area contributed by atoms with Gasteiger partial charge in [0.05, 0.1) is 10.8 Å². The van der Waals surface area contributed by atoms with E-state index in [9.17, 15) is 4.79 Å². The van der Waals surface area contributed by atoms with Crippen LogP contribution in [0.1, 0.15) is 26.7 Å². The van der Waals surface area contributed by atoms with Gasteiger partial charge >= 0.3 is 0 Å². The fourth-order valence-corrected chi connectivity index (χ4v) is 8.91. The van der Waals surface area contributed by atoms with Crippen molar-refractivity contribution in [2.45, 2.75) is 38.8 Å². The van der Waals surface area contributed by atoms with Crippen LogP contribution in [0.5, 0.6) is 0 Å². The molecule has 2 aliphatic carbocycles. The van der Waals surface area contributed by atoms with Gasteiger partial charge in [-0.25, -0.2) is 19.9 Å². The van der Waals surface area contributed by atoms with Gasteiger partial charge in [-0.3, -0.25) is 4.79 Å². The maximum Gasteiger partial charge on any atom is 0.248 e. The lowest BCUT2D eigenvalue weighted by Crippen LogP contribution is -2.39. The molecule has 4 aliphatic rings. The molecule has 4 aromatic rings. The number of amides is 1. The summed E-state index contributed by atoms with van der Waals surface area (Å²) in [7, 11) is 4.29. The van der Waals surface area contributed by atoms with E-state index in [1.807, 2.05) is 23.4 Å². The van der Waals surface area contributed by atoms with E-state index in [1.165, 1.54) is 19.5 Å². The lowest BCUT2D eigenvalue weighted by Gasteiger charge is -2.31. The quantitative estimate of drug-likeness (QED) is 0.260. The Labute approximate surface area is 269 Å². The van der Waals surface area contributed by atoms with E-state index in [1.54, 1.807) is 12.7 Å². The molecule has 1 amide bonds. The van der Waals surface area contributed by atoms with Crippen LogP contribution in [-0.4, -0.2) is 105 Å². The zero-order chi connectivity index (χ0) is 30.5. The molecule has 242 valence electrons. The summed E-state index contributed by atoms with van der Waals surface area (Å²) in [5, 5.41) is 14.8. The third kappa shape index (κ3) is 5.50. The van der Waals surface area contributed by atoms with Crippen LogP contribution in [0.4, 0.5) is 11.6 Å². The molecule has 2 saturated heterocycles. The van der Waals surface area contributed by atoms with Gasteiger partial charge in [-0.05, 0) is 73.6 Å². The highest BCUT2D eigenvalue weighted by Gasteiger charge is 2.48. The van der Waals surface area contributed by atoms with Crippen molar-refractivity contribution >= 4 is 52.0 Å². The van der Waals surface area contributed by atoms with Crippen molar-refractivity contribution in [2.75, 3.05) is 56.7 Å². The van der Waals surface area contributed by atoms with Crippen molar-refractivity contribution in [1.82, 2.24) is 40.1 Å². The van der Waals surface area contributed by atoms with Gasteiger partial charge in [-0.15, -0.1) is 12.4 Å². The third-order valence-corrected chi connectivity index (χ3v) is 11.4. The minimum Gasteiger partial charge on any atom is -0.387 e. The number of aromatic amines is 2. The van der Waals surface area contributed by atoms with Crippen molar-refractivity contribution in [2.24, 2.45) is 35.5 Å². The maximum absolute atomic E-state index is 11.8. The Morgan fingerprint density at radius 3 is 1.93 bits per heavy atom. The van der Waals surface area contributed by atoms with Gasteiger partial charge in [0.1, 0.15) is 42.2 Å². The van der Waals surface area contributed by atoms with Crippen LogP contribution in [0, 0.1) is 35.5 Å². The first-order valence-electron chi connectivity index (χ1n) is 16.0. The third-order valence-electron chi connectivity index (χ3n) is 11.4. The summed E-state index contributed by atoms with van der Waals surface area (Å²) < 4.78 is 0. The van der Waals surface area contributed by atoms with Crippen LogP contribution in [0.15, 0.2) is 37.2 Å². The number of rotatable bonds is 5. The molecule has 2 saturated carbocycles. The molecule has 2 aliphatic heterocycles. The monoisotopic (exact) mass is 636 g/mol. The average molecular weight is 637 g/mol. The Kier molecular flexibility index (Phi) is 8.91. The lowest BCUT2D eigenvalue weighted by atomic mass is 9.93. The molecule has 4 N–H and O–H groups in total. The molecule has 0 unspecified atom stereocenters. The number of H-pyrrole nitrogens is 2. The van der Waals surface area contributed by atoms with E-state index in [4.69, 9.17) is 5.11 Å². The Hall–Kier alpha value is -3.48. The molecule has 0 radical (unpaired) electrons. The van der Waals surface area contributed by atoms with E-state index < -0.39 is 0 Å². The van der Waals surface area contributed by atoms with Crippen LogP contribution in [0.2, 0.25) is 0 Å². The molecule has 13 heteroatoms. The molecule has 6 heterocycles. The highest BCUT2D eigenvalue weighted by molar-refractivity contribution is 5.88. The van der Waals surface area contributed by atoms with Gasteiger partial charge in [-0.1, -0.05) is 13.8 Å². The smallest absolute Gasteiger partial charge is 0.248 e. The number of anilines is 2. The van der Waals surface area contributed by atoms with Crippen molar-refractivity contribution in [3.8, 4) is 0 Å². The summed E-state index contributed by atoms with van der Waals surface area (Å²) in [6.07, 6.45) is 9.41. The van der Waals surface area contributed by atoms with Crippen LogP contribution in [0.25, 0.3) is 22.1 Å². The van der Waals surface area contributed by atoms with Gasteiger partial charge < -0.3 is 35.1 Å². The molecule has 4 fully saturated rings. The number of halogens is 1. The van der Waals surface area contributed by atoms with E-state index in [-0.39, 0.29) is 24.9 Å². The Morgan fingerprint density at radius 1 is 0.844 bits per heavy atom. The number of aromatic nitrogens is 6. The molecular weight excluding hydrogens is 592 g/mol. The number of nitrogens with zero attached hydrogens (tertiary/aromatic N) is 7. The normalized spacial score (nSPS) is 30.1. The molecule has 8 atom stereocenters. The number of likely N-dealkylation sites (tertiary alicyclic amines) is 1. The lowest BCUT2D eigenvalue weighted by molar-refractivity contribution is -0.133. The first-order chi connectivity index (χ1) is 21.4. The summed E-state index contributed by atoms with van der Waals surface area (Å²) in [4.78, 5) is 42.1. The highest BCUT2D eigenvalue weighted by Crippen LogP contribution is 2.45. The highest BCUT2D eigenvalue weighted by atomic mass is 35.5. The van der Waals surface area contributed by atoms with Crippen LogP contribution in [-0.2, 0) is 4.79 Å². The van der Waals surface area contributed by atoms with Gasteiger partial charge in [0.15, 0.2) is 0 Å². The second-order valence-electron chi connectivity index (χ2n) is 13.4. The number of carbonyl (C=O) groups is 1. The van der Waals surface area contributed by atoms with E-state index in [2.05, 4.69) is 79.0 Å². The minimum absolute atomic E-state index is 0. The Morgan fingerprint density at radius 2 is 1.40 bits per heavy atom. The summed E-state index contributed by atoms with van der Waals surface area (Å²) in [5.74, 6) is 5.72. The van der Waals surface area contributed by atoms with E-state index in [0.29, 0.717) is 35.8 Å². The molecule has 4 aromatic heterocycles. The first kappa shape index (κ1) is 31.5. The molecule has 45 heavy (non-hydrogen) atoms. The molecule has 0 bridgehead atoms. The van der Waals surface area contributed by atoms with E-state index >= 15 is 0 Å². The van der Waals surface area contributed by atoms with E-state index in [0.717, 1.165) is 65.0 Å². The summed E-state index contributed by atoms with van der Waals surface area (Å²) in [6, 6.07) is 5.08. The number of fused-ring (bicyclic) bond motifs is 4. The zero-order valence-electron chi connectivity index (χ0n) is 26.4. The van der Waals surface area contributed by atoms with Crippen molar-refractivity contribution in [3.63, 3.8) is 0 Å². The largest absolute Gasteiger partial charge is 0.387 e. The Balaban J connectivity index is 0.000000158. The van der Waals surface area contributed by atoms with Crippen LogP contribution in [0.3, 0.4) is 0 Å². The SMILES string of the molecule is C[C@@H]1[C@H]2CN(C(=O)CO)C[C@H]2C[C@@H]1N(C)c1ncnc2[nH]ccc12.C[C@@H]1[C@H]2CNC[C@H]2C[C@@H]1N(C)c1ncnc2[nH]ccc12.Cl. The predicted octanol–water partition coefficient (Wildman–Crippen LogP) is 2.93. The number of nitrogens with one attached hydrogen (secondary N) is 3. The zero-order valence-corrected chi connectivity index (χ0v) is 27.2. The summed E-state index contributed by atoms with van der Waals surface area (Å²) in [5.41, 5.74) is 1.78. The Bertz CT molecular complexity index is 1630. The van der Waals surface area contributed by atoms with Gasteiger partial charge in [0.25, 0.3) is 0 Å². The van der Waals surface area contributed by atoms with Gasteiger partial charge in [-0.2, -0.15) is 0 Å². The molecule has 0 spiro atoms. The van der Waals surface area contributed by atoms with Gasteiger partial charge in [0.2, 0.25) is 5.91 Å². The molecular formula is C32H45ClN10O2. The van der Waals surface area contributed by atoms with Gasteiger partial charge in [0, 0.05) is 51.7 Å². The van der Waals surface area contributed by atoms with Crippen LogP contribution < -0.4 is 15.1 Å². The second kappa shape index (κ2) is 12.7. The van der Waals surface area contributed by atoms with Crippen molar-refractivity contribution in [1.29, 1.82) is 0 Å². The number of hydrogen-bond donors (Lipinski definition) is 4. The predicted molar refractivity (Wildman–Crippen MR) is 177 cm³/mol. The second-order valence-corrected chi connectivity index (χ2v) is 13.4. The maximum atomic E-state index is 11.8. The fraction of sp³-hybridized carbons (Fsp3) is 0.594. The number of hydrogen-bond acceptors (Lipinski definition) is 9. The number of carbonyl (C=O) groups excluding carboxylic acids is 1. The standard InChI is InChI=1S/C17H23N5O2.C15H21N5.ClH/c1-10-13-7-22(15(24)8-23)6-11(13)5-14(10)21(2)17-12-3-4-18-16(12)19-9-20-17;1-9-12-7-16-6-10(12)5-13(9)20(2)15-11-3-4-17-14(11)18-8-19-15;/h3-4,9-11,13-14,23H,5-8H2,1-2H3,(H,18,19,20);3-4,8-10,12-13,16H,5-7H2,1-2H3,(H,17,18,19);1H/t10-,11-,13-,14+;9-,10-,12-,13+;/m11./s1. The first-order valence-corrected chi connectivity index (χ1v) is 16.0. The van der Waals surface area contributed by atoms with Crippen LogP contribution >= 0.6 is 12.4 Å². The molecule has 0 aromatic carbocycles. The van der Waals surface area contributed by atoms with Crippen molar-refractivity contribution < 1.29 is 9.90 Å². The molecule has 12 nitrogen and oxygen atoms in total. The number of aliphatic hydroxyl groups is 1. The summed E-state index contributed by atoms with van der Waals surface area (Å²) >= 11 is 0. The fourth-order valence-electron chi connectivity index (χ4n) is 8.91. The summed E-state index contributed by atoms with van der Waals surface area (Å²) in [6.45, 7) is 8.18. The molecule has 8 rings (SSSR count).